The average Bonchev–Trinajstić information content (AvgIpc) is 2.22. The number of hydrogen-bond donors (Lipinski definition) is 1. The van der Waals surface area contributed by atoms with Crippen molar-refractivity contribution >= 4 is 10.8 Å². The second-order valence-corrected chi connectivity index (χ2v) is 6.83. The fourth-order valence-electron chi connectivity index (χ4n) is 2.14. The fourth-order valence-corrected chi connectivity index (χ4v) is 3.35. The van der Waals surface area contributed by atoms with E-state index in [1.54, 1.807) is 0 Å². The van der Waals surface area contributed by atoms with Crippen LogP contribution in [0, 0.1) is 13.8 Å². The van der Waals surface area contributed by atoms with E-state index in [0.717, 1.165) is 25.0 Å². The summed E-state index contributed by atoms with van der Waals surface area (Å²) < 4.78 is 12.0. The van der Waals surface area contributed by atoms with Crippen LogP contribution in [-0.2, 0) is 16.6 Å². The van der Waals surface area contributed by atoms with Crippen LogP contribution in [0.5, 0.6) is 0 Å². The summed E-state index contributed by atoms with van der Waals surface area (Å²) in [6.45, 7) is 6.19. The third kappa shape index (κ3) is 6.31. The van der Waals surface area contributed by atoms with Gasteiger partial charge in [0.1, 0.15) is 0 Å². The van der Waals surface area contributed by atoms with E-state index >= 15 is 0 Å². The van der Waals surface area contributed by atoms with Crippen molar-refractivity contribution in [3.63, 3.8) is 0 Å². The van der Waals surface area contributed by atoms with Gasteiger partial charge in [-0.3, -0.25) is 4.21 Å². The maximum absolute atomic E-state index is 12.0. The number of benzene rings is 1. The summed E-state index contributed by atoms with van der Waals surface area (Å²) in [7, 11) is -0.743. The number of rotatable bonds is 7. The van der Waals surface area contributed by atoms with Crippen molar-refractivity contribution in [2.75, 3.05) is 5.75 Å². The molecule has 0 aliphatic carbocycles. The summed E-state index contributed by atoms with van der Waals surface area (Å²) in [6, 6.07) is 6.67. The van der Waals surface area contributed by atoms with E-state index in [-0.39, 0.29) is 6.04 Å². The van der Waals surface area contributed by atoms with Gasteiger partial charge in [-0.25, -0.2) is 0 Å². The lowest BCUT2D eigenvalue weighted by atomic mass is 10.1. The highest BCUT2D eigenvalue weighted by atomic mass is 32.2. The zero-order chi connectivity index (χ0) is 13.5. The van der Waals surface area contributed by atoms with Crippen molar-refractivity contribution < 1.29 is 4.21 Å². The lowest BCUT2D eigenvalue weighted by Gasteiger charge is -2.06. The molecule has 1 aromatic carbocycles. The summed E-state index contributed by atoms with van der Waals surface area (Å²) in [6.07, 6.45) is 3.12. The van der Waals surface area contributed by atoms with Crippen molar-refractivity contribution in [3.8, 4) is 0 Å². The monoisotopic (exact) mass is 267 g/mol. The molecule has 0 fully saturated rings. The number of unbranched alkanes of at least 4 members (excludes halogenated alkanes) is 1. The zero-order valence-corrected chi connectivity index (χ0v) is 12.6. The van der Waals surface area contributed by atoms with Crippen LogP contribution in [-0.4, -0.2) is 16.0 Å². The average molecular weight is 267 g/mol. The molecule has 2 atom stereocenters. The molecule has 0 aliphatic rings. The van der Waals surface area contributed by atoms with Crippen LogP contribution in [0.2, 0.25) is 0 Å². The standard InChI is InChI=1S/C15H25NOS/c1-12-8-13(2)10-15(9-12)11-18(17)7-5-4-6-14(3)16/h8-10,14H,4-7,11,16H2,1-3H3. The Morgan fingerprint density at radius 2 is 1.78 bits per heavy atom. The van der Waals surface area contributed by atoms with Gasteiger partial charge in [-0.15, -0.1) is 0 Å². The zero-order valence-electron chi connectivity index (χ0n) is 11.7. The SMILES string of the molecule is Cc1cc(C)cc(CS(=O)CCCCC(C)N)c1. The molecule has 0 spiro atoms. The number of nitrogens with two attached hydrogens (primary N) is 1. The smallest absolute Gasteiger partial charge is 0.0485 e. The van der Waals surface area contributed by atoms with Gasteiger partial charge in [-0.05, 0) is 39.2 Å². The summed E-state index contributed by atoms with van der Waals surface area (Å²) in [4.78, 5) is 0. The first kappa shape index (κ1) is 15.4. The van der Waals surface area contributed by atoms with Crippen molar-refractivity contribution in [3.05, 3.63) is 34.9 Å². The van der Waals surface area contributed by atoms with E-state index in [4.69, 9.17) is 5.73 Å². The predicted molar refractivity (Wildman–Crippen MR) is 80.1 cm³/mol. The summed E-state index contributed by atoms with van der Waals surface area (Å²) in [5.74, 6) is 1.47. The van der Waals surface area contributed by atoms with Crippen LogP contribution < -0.4 is 5.73 Å². The Morgan fingerprint density at radius 1 is 1.17 bits per heavy atom. The summed E-state index contributed by atoms with van der Waals surface area (Å²) in [5, 5.41) is 0. The van der Waals surface area contributed by atoms with Gasteiger partial charge in [0.05, 0.1) is 0 Å². The van der Waals surface area contributed by atoms with Gasteiger partial charge in [-0.2, -0.15) is 0 Å². The molecule has 1 aromatic rings. The Labute approximate surface area is 113 Å². The molecule has 0 saturated carbocycles. The molecule has 0 aromatic heterocycles. The molecule has 102 valence electrons. The molecule has 0 amide bonds. The molecular weight excluding hydrogens is 242 g/mol. The Bertz CT molecular complexity index is 381. The van der Waals surface area contributed by atoms with Gasteiger partial charge in [0.15, 0.2) is 0 Å². The summed E-state index contributed by atoms with van der Waals surface area (Å²) >= 11 is 0. The first-order valence-corrected chi connectivity index (χ1v) is 8.14. The molecule has 0 bridgehead atoms. The third-order valence-electron chi connectivity index (χ3n) is 2.89. The predicted octanol–water partition coefficient (Wildman–Crippen LogP) is 3.07. The second kappa shape index (κ2) is 7.70. The van der Waals surface area contributed by atoms with E-state index in [9.17, 15) is 4.21 Å². The molecule has 0 heterocycles. The number of aryl methyl sites for hydroxylation is 2. The lowest BCUT2D eigenvalue weighted by molar-refractivity contribution is 0.613. The molecule has 18 heavy (non-hydrogen) atoms. The summed E-state index contributed by atoms with van der Waals surface area (Å²) in [5.41, 5.74) is 9.38. The first-order valence-electron chi connectivity index (χ1n) is 6.65. The highest BCUT2D eigenvalue weighted by Gasteiger charge is 2.04. The van der Waals surface area contributed by atoms with E-state index in [1.165, 1.54) is 16.7 Å². The van der Waals surface area contributed by atoms with Crippen LogP contribution in [0.15, 0.2) is 18.2 Å². The third-order valence-corrected chi connectivity index (χ3v) is 4.29. The molecule has 0 saturated heterocycles. The van der Waals surface area contributed by atoms with Crippen molar-refractivity contribution in [2.45, 2.75) is 51.8 Å². The van der Waals surface area contributed by atoms with Crippen LogP contribution in [0.4, 0.5) is 0 Å². The van der Waals surface area contributed by atoms with Crippen molar-refractivity contribution in [1.29, 1.82) is 0 Å². The van der Waals surface area contributed by atoms with Crippen LogP contribution in [0.25, 0.3) is 0 Å². The Morgan fingerprint density at radius 3 is 2.33 bits per heavy atom. The first-order chi connectivity index (χ1) is 8.47. The molecule has 2 unspecified atom stereocenters. The van der Waals surface area contributed by atoms with Gasteiger partial charge in [0, 0.05) is 28.3 Å². The second-order valence-electron chi connectivity index (χ2n) is 5.26. The van der Waals surface area contributed by atoms with Gasteiger partial charge in [0.2, 0.25) is 0 Å². The van der Waals surface area contributed by atoms with Gasteiger partial charge in [0.25, 0.3) is 0 Å². The van der Waals surface area contributed by atoms with E-state index in [2.05, 4.69) is 32.0 Å². The van der Waals surface area contributed by atoms with Gasteiger partial charge in [-0.1, -0.05) is 35.7 Å². The van der Waals surface area contributed by atoms with E-state index in [1.807, 2.05) is 6.92 Å². The lowest BCUT2D eigenvalue weighted by Crippen LogP contribution is -2.14. The minimum absolute atomic E-state index is 0.262. The van der Waals surface area contributed by atoms with E-state index in [0.29, 0.717) is 5.75 Å². The minimum atomic E-state index is -0.743. The molecule has 1 rings (SSSR count). The maximum atomic E-state index is 12.0. The normalized spacial score (nSPS) is 14.4. The quantitative estimate of drug-likeness (QED) is 0.772. The largest absolute Gasteiger partial charge is 0.328 e. The molecular formula is C15H25NOS. The maximum Gasteiger partial charge on any atom is 0.0485 e. The Hall–Kier alpha value is -0.670. The van der Waals surface area contributed by atoms with Gasteiger partial charge < -0.3 is 5.73 Å². The van der Waals surface area contributed by atoms with Crippen LogP contribution in [0.3, 0.4) is 0 Å². The highest BCUT2D eigenvalue weighted by Crippen LogP contribution is 2.12. The van der Waals surface area contributed by atoms with Crippen LogP contribution >= 0.6 is 0 Å². The molecule has 2 N–H and O–H groups in total. The van der Waals surface area contributed by atoms with Crippen LogP contribution in [0.1, 0.15) is 42.9 Å². The topological polar surface area (TPSA) is 43.1 Å². The molecule has 0 radical (unpaired) electrons. The minimum Gasteiger partial charge on any atom is -0.328 e. The Balaban J connectivity index is 2.35. The van der Waals surface area contributed by atoms with Crippen molar-refractivity contribution in [1.82, 2.24) is 0 Å². The molecule has 3 heteroatoms. The molecule has 0 aliphatic heterocycles. The van der Waals surface area contributed by atoms with Gasteiger partial charge >= 0.3 is 0 Å². The Kier molecular flexibility index (Phi) is 6.58. The fraction of sp³-hybridized carbons (Fsp3) is 0.600. The molecule has 2 nitrogen and oxygen atoms in total. The van der Waals surface area contributed by atoms with E-state index < -0.39 is 10.8 Å². The number of hydrogen-bond acceptors (Lipinski definition) is 2. The van der Waals surface area contributed by atoms with Crippen molar-refractivity contribution in [2.24, 2.45) is 5.73 Å². The highest BCUT2D eigenvalue weighted by molar-refractivity contribution is 7.84.